The molecule has 8 nitrogen and oxygen atoms in total. The maximum Gasteiger partial charge on any atom is 0.243 e. The number of piperazine rings is 1. The Bertz CT molecular complexity index is 1400. The van der Waals surface area contributed by atoms with Crippen molar-refractivity contribution in [2.24, 2.45) is 5.41 Å². The van der Waals surface area contributed by atoms with Crippen LogP contribution in [0.4, 0.5) is 17.1 Å². The van der Waals surface area contributed by atoms with Gasteiger partial charge in [0.15, 0.2) is 0 Å². The number of hydrogen-bond acceptors (Lipinski definition) is 6. The largest absolute Gasteiger partial charge is 0.495 e. The number of anilines is 3. The Morgan fingerprint density at radius 3 is 2.08 bits per heavy atom. The van der Waals surface area contributed by atoms with E-state index >= 15 is 0 Å². The van der Waals surface area contributed by atoms with Gasteiger partial charge in [0.1, 0.15) is 10.6 Å². The predicted octanol–water partition coefficient (Wildman–Crippen LogP) is 5.05. The monoisotopic (exact) mass is 550 g/mol. The minimum absolute atomic E-state index is 0.141. The fourth-order valence-electron chi connectivity index (χ4n) is 4.57. The molecule has 1 heterocycles. The Kier molecular flexibility index (Phi) is 8.51. The van der Waals surface area contributed by atoms with Crippen LogP contribution in [0.5, 0.6) is 5.75 Å². The number of ether oxygens (including phenoxy) is 1. The number of benzene rings is 3. The van der Waals surface area contributed by atoms with Crippen molar-refractivity contribution in [3.63, 3.8) is 0 Å². The lowest BCUT2D eigenvalue weighted by atomic mass is 9.95. The van der Waals surface area contributed by atoms with E-state index in [0.29, 0.717) is 37.6 Å². The summed E-state index contributed by atoms with van der Waals surface area (Å²) in [5.74, 6) is 0.627. The highest BCUT2D eigenvalue weighted by molar-refractivity contribution is 7.89. The first kappa shape index (κ1) is 28.4. The zero-order chi connectivity index (χ0) is 28.2. The minimum Gasteiger partial charge on any atom is -0.495 e. The van der Waals surface area contributed by atoms with Gasteiger partial charge in [-0.2, -0.15) is 0 Å². The SMILES string of the molecule is COc1ccccc1N1CCN(c2ccc(NC(=O)C(C)(C)C)cc2S(=O)(=O)NC(C)c2ccccc2)CC1. The Morgan fingerprint density at radius 2 is 1.46 bits per heavy atom. The number of para-hydroxylation sites is 2. The van der Waals surface area contributed by atoms with Crippen LogP contribution in [-0.2, 0) is 14.8 Å². The van der Waals surface area contributed by atoms with Crippen molar-refractivity contribution in [3.8, 4) is 5.75 Å². The van der Waals surface area contributed by atoms with Crippen molar-refractivity contribution >= 4 is 33.0 Å². The Morgan fingerprint density at radius 1 is 0.872 bits per heavy atom. The van der Waals surface area contributed by atoms with Crippen LogP contribution in [0.3, 0.4) is 0 Å². The van der Waals surface area contributed by atoms with Gasteiger partial charge in [-0.1, -0.05) is 63.2 Å². The molecule has 1 saturated heterocycles. The number of carbonyl (C=O) groups excluding carboxylic acids is 1. The molecule has 3 aromatic carbocycles. The second-order valence-electron chi connectivity index (χ2n) is 10.8. The van der Waals surface area contributed by atoms with Gasteiger partial charge in [-0.05, 0) is 42.8 Å². The number of carbonyl (C=O) groups is 1. The molecule has 1 unspecified atom stereocenters. The number of rotatable bonds is 8. The standard InChI is InChI=1S/C30H38N4O4S/c1-22(23-11-7-6-8-12-23)32-39(36,37)28-21-24(31-29(35)30(2,3)4)15-16-26(28)34-19-17-33(18-20-34)25-13-9-10-14-27(25)38-5/h6-16,21-22,32H,17-20H2,1-5H3,(H,31,35). The lowest BCUT2D eigenvalue weighted by molar-refractivity contribution is -0.123. The van der Waals surface area contributed by atoms with Gasteiger partial charge in [0.25, 0.3) is 0 Å². The lowest BCUT2D eigenvalue weighted by Crippen LogP contribution is -2.47. The average Bonchev–Trinajstić information content (AvgIpc) is 2.93. The highest BCUT2D eigenvalue weighted by atomic mass is 32.2. The van der Waals surface area contributed by atoms with Crippen molar-refractivity contribution in [2.75, 3.05) is 48.4 Å². The summed E-state index contributed by atoms with van der Waals surface area (Å²) >= 11 is 0. The van der Waals surface area contributed by atoms with E-state index in [-0.39, 0.29) is 10.8 Å². The molecule has 0 aliphatic carbocycles. The Balaban J connectivity index is 1.63. The van der Waals surface area contributed by atoms with Gasteiger partial charge in [-0.3, -0.25) is 4.79 Å². The predicted molar refractivity (Wildman–Crippen MR) is 157 cm³/mol. The highest BCUT2D eigenvalue weighted by Gasteiger charge is 2.29. The zero-order valence-electron chi connectivity index (χ0n) is 23.3. The quantitative estimate of drug-likeness (QED) is 0.408. The van der Waals surface area contributed by atoms with E-state index in [9.17, 15) is 13.2 Å². The van der Waals surface area contributed by atoms with Gasteiger partial charge in [0.2, 0.25) is 15.9 Å². The molecule has 0 bridgehead atoms. The molecule has 1 aliphatic rings. The minimum atomic E-state index is -3.93. The Labute approximate surface area is 232 Å². The van der Waals surface area contributed by atoms with Gasteiger partial charge >= 0.3 is 0 Å². The van der Waals surface area contributed by atoms with Crippen LogP contribution in [0.25, 0.3) is 0 Å². The summed E-state index contributed by atoms with van der Waals surface area (Å²) in [6.07, 6.45) is 0. The molecule has 39 heavy (non-hydrogen) atoms. The number of methoxy groups -OCH3 is 1. The summed E-state index contributed by atoms with van der Waals surface area (Å²) in [7, 11) is -2.27. The summed E-state index contributed by atoms with van der Waals surface area (Å²) in [6.45, 7) is 9.94. The van der Waals surface area contributed by atoms with Crippen molar-refractivity contribution < 1.29 is 17.9 Å². The third kappa shape index (κ3) is 6.72. The molecule has 0 saturated carbocycles. The third-order valence-corrected chi connectivity index (χ3v) is 8.44. The smallest absolute Gasteiger partial charge is 0.243 e. The maximum atomic E-state index is 13.8. The molecule has 1 atom stereocenters. The number of hydrogen-bond donors (Lipinski definition) is 2. The molecular formula is C30H38N4O4S. The summed E-state index contributed by atoms with van der Waals surface area (Å²) in [5, 5.41) is 2.88. The molecule has 1 aliphatic heterocycles. The second kappa shape index (κ2) is 11.7. The second-order valence-corrected chi connectivity index (χ2v) is 12.5. The summed E-state index contributed by atoms with van der Waals surface area (Å²) in [5.41, 5.74) is 2.32. The maximum absolute atomic E-state index is 13.8. The molecule has 0 aromatic heterocycles. The molecule has 1 amide bonds. The molecule has 208 valence electrons. The summed E-state index contributed by atoms with van der Waals surface area (Å²) in [4.78, 5) is 17.1. The van der Waals surface area contributed by atoms with E-state index in [4.69, 9.17) is 4.74 Å². The van der Waals surface area contributed by atoms with E-state index in [1.165, 1.54) is 0 Å². The van der Waals surface area contributed by atoms with Crippen molar-refractivity contribution in [2.45, 2.75) is 38.6 Å². The van der Waals surface area contributed by atoms with Gasteiger partial charge in [-0.15, -0.1) is 0 Å². The van der Waals surface area contributed by atoms with Crippen molar-refractivity contribution in [1.82, 2.24) is 4.72 Å². The number of sulfonamides is 1. The Hall–Kier alpha value is -3.56. The number of nitrogens with zero attached hydrogens (tertiary/aromatic N) is 2. The van der Waals surface area contributed by atoms with Crippen LogP contribution >= 0.6 is 0 Å². The zero-order valence-corrected chi connectivity index (χ0v) is 24.1. The molecule has 2 N–H and O–H groups in total. The van der Waals surface area contributed by atoms with Crippen LogP contribution in [-0.4, -0.2) is 47.6 Å². The van der Waals surface area contributed by atoms with Crippen LogP contribution in [0.2, 0.25) is 0 Å². The first-order chi connectivity index (χ1) is 18.5. The van der Waals surface area contributed by atoms with Gasteiger partial charge in [0, 0.05) is 43.3 Å². The lowest BCUT2D eigenvalue weighted by Gasteiger charge is -2.38. The highest BCUT2D eigenvalue weighted by Crippen LogP contribution is 2.33. The normalized spacial score (nSPS) is 15.1. The summed E-state index contributed by atoms with van der Waals surface area (Å²) < 4.78 is 36.0. The van der Waals surface area contributed by atoms with Gasteiger partial charge in [-0.25, -0.2) is 13.1 Å². The average molecular weight is 551 g/mol. The summed E-state index contributed by atoms with van der Waals surface area (Å²) in [6, 6.07) is 22.0. The fraction of sp³-hybridized carbons (Fsp3) is 0.367. The van der Waals surface area contributed by atoms with E-state index in [1.807, 2.05) is 82.3 Å². The number of amides is 1. The van der Waals surface area contributed by atoms with Crippen LogP contribution in [0, 0.1) is 5.41 Å². The molecule has 3 aromatic rings. The molecule has 0 radical (unpaired) electrons. The van der Waals surface area contributed by atoms with Gasteiger partial charge < -0.3 is 19.9 Å². The molecule has 9 heteroatoms. The topological polar surface area (TPSA) is 91.0 Å². The van der Waals surface area contributed by atoms with Crippen molar-refractivity contribution in [1.29, 1.82) is 0 Å². The van der Waals surface area contributed by atoms with Crippen LogP contribution in [0.15, 0.2) is 77.7 Å². The number of nitrogens with one attached hydrogen (secondary N) is 2. The fourth-order valence-corrected chi connectivity index (χ4v) is 6.06. The first-order valence-corrected chi connectivity index (χ1v) is 14.6. The molecule has 1 fully saturated rings. The van der Waals surface area contributed by atoms with E-state index < -0.39 is 21.5 Å². The van der Waals surface area contributed by atoms with Crippen LogP contribution < -0.4 is 24.6 Å². The molecule has 4 rings (SSSR count). The molecular weight excluding hydrogens is 512 g/mol. The molecule has 0 spiro atoms. The van der Waals surface area contributed by atoms with Crippen molar-refractivity contribution in [3.05, 3.63) is 78.4 Å². The van der Waals surface area contributed by atoms with Crippen LogP contribution in [0.1, 0.15) is 39.3 Å². The third-order valence-electron chi connectivity index (χ3n) is 6.87. The van der Waals surface area contributed by atoms with E-state index in [1.54, 1.807) is 25.3 Å². The van der Waals surface area contributed by atoms with Gasteiger partial charge in [0.05, 0.1) is 18.5 Å². The first-order valence-electron chi connectivity index (χ1n) is 13.2. The van der Waals surface area contributed by atoms with E-state index in [2.05, 4.69) is 19.8 Å². The van der Waals surface area contributed by atoms with E-state index in [0.717, 1.165) is 17.0 Å².